The number of para-hydroxylation sites is 1. The van der Waals surface area contributed by atoms with Crippen molar-refractivity contribution >= 4 is 12.0 Å². The van der Waals surface area contributed by atoms with Crippen LogP contribution in [0, 0.1) is 0 Å². The molecule has 1 aromatic carbocycles. The molecule has 21 heavy (non-hydrogen) atoms. The molecule has 0 aliphatic carbocycles. The molecule has 5 nitrogen and oxygen atoms in total. The van der Waals surface area contributed by atoms with Crippen molar-refractivity contribution in [2.45, 2.75) is 6.42 Å². The molecule has 0 radical (unpaired) electrons. The molecule has 108 valence electrons. The first kappa shape index (κ1) is 13.4. The van der Waals surface area contributed by atoms with Gasteiger partial charge in [0.15, 0.2) is 0 Å². The van der Waals surface area contributed by atoms with Crippen LogP contribution in [0.2, 0.25) is 0 Å². The minimum atomic E-state index is -0.0756. The van der Waals surface area contributed by atoms with Gasteiger partial charge in [0.05, 0.1) is 11.8 Å². The zero-order valence-electron chi connectivity index (χ0n) is 11.9. The van der Waals surface area contributed by atoms with Gasteiger partial charge < -0.3 is 10.1 Å². The highest BCUT2D eigenvalue weighted by atomic mass is 16.5. The van der Waals surface area contributed by atoms with Gasteiger partial charge in [0, 0.05) is 25.4 Å². The highest BCUT2D eigenvalue weighted by Crippen LogP contribution is 2.25. The van der Waals surface area contributed by atoms with E-state index in [0.29, 0.717) is 18.7 Å². The number of ether oxygens (including phenoxy) is 1. The monoisotopic (exact) mass is 283 g/mol. The van der Waals surface area contributed by atoms with Crippen LogP contribution in [-0.4, -0.2) is 28.8 Å². The molecule has 2 heterocycles. The van der Waals surface area contributed by atoms with E-state index in [2.05, 4.69) is 10.4 Å². The maximum atomic E-state index is 12.1. The second kappa shape index (κ2) is 5.83. The lowest BCUT2D eigenvalue weighted by molar-refractivity contribution is -0.117. The standard InChI is InChI=1S/C16H17N3O2/c1-19-10-12(9-18-19)6-7-17-16(20)14-8-13-4-2-3-5-15(13)21-11-14/h2-5,8-10H,6-7,11H2,1H3,(H,17,20). The lowest BCUT2D eigenvalue weighted by Crippen LogP contribution is -2.30. The fraction of sp³-hybridized carbons (Fsp3) is 0.250. The van der Waals surface area contributed by atoms with Crippen LogP contribution in [-0.2, 0) is 18.3 Å². The Morgan fingerprint density at radius 2 is 2.29 bits per heavy atom. The van der Waals surface area contributed by atoms with Crippen LogP contribution in [0.4, 0.5) is 0 Å². The molecular weight excluding hydrogens is 266 g/mol. The zero-order chi connectivity index (χ0) is 14.7. The van der Waals surface area contributed by atoms with E-state index in [1.807, 2.05) is 49.8 Å². The maximum Gasteiger partial charge on any atom is 0.250 e. The van der Waals surface area contributed by atoms with E-state index in [1.54, 1.807) is 4.68 Å². The van der Waals surface area contributed by atoms with Gasteiger partial charge in [0.2, 0.25) is 0 Å². The number of nitrogens with one attached hydrogen (secondary N) is 1. The van der Waals surface area contributed by atoms with Gasteiger partial charge in [-0.1, -0.05) is 18.2 Å². The molecule has 0 atom stereocenters. The lowest BCUT2D eigenvalue weighted by atomic mass is 10.1. The second-order valence-electron chi connectivity index (χ2n) is 5.02. The summed E-state index contributed by atoms with van der Waals surface area (Å²) >= 11 is 0. The number of hydrogen-bond acceptors (Lipinski definition) is 3. The molecule has 1 N–H and O–H groups in total. The Hall–Kier alpha value is -2.56. The lowest BCUT2D eigenvalue weighted by Gasteiger charge is -2.17. The minimum Gasteiger partial charge on any atom is -0.488 e. The molecule has 1 amide bonds. The van der Waals surface area contributed by atoms with Gasteiger partial charge in [-0.2, -0.15) is 5.10 Å². The molecule has 1 aromatic heterocycles. The van der Waals surface area contributed by atoms with E-state index in [-0.39, 0.29) is 5.91 Å². The molecule has 5 heteroatoms. The molecule has 0 unspecified atom stereocenters. The average Bonchev–Trinajstić information content (AvgIpc) is 2.92. The number of rotatable bonds is 4. The number of carbonyl (C=O) groups excluding carboxylic acids is 1. The topological polar surface area (TPSA) is 56.2 Å². The minimum absolute atomic E-state index is 0.0756. The molecule has 0 spiro atoms. The normalized spacial score (nSPS) is 13.1. The first-order valence-corrected chi connectivity index (χ1v) is 6.90. The van der Waals surface area contributed by atoms with Crippen LogP contribution in [0.25, 0.3) is 6.08 Å². The summed E-state index contributed by atoms with van der Waals surface area (Å²) in [6.45, 7) is 0.902. The number of fused-ring (bicyclic) bond motifs is 1. The highest BCUT2D eigenvalue weighted by molar-refractivity contribution is 5.99. The van der Waals surface area contributed by atoms with Crippen LogP contribution in [0.15, 0.2) is 42.2 Å². The average molecular weight is 283 g/mol. The van der Waals surface area contributed by atoms with Crippen LogP contribution < -0.4 is 10.1 Å². The number of aromatic nitrogens is 2. The first-order chi connectivity index (χ1) is 10.2. The fourth-order valence-corrected chi connectivity index (χ4v) is 2.28. The van der Waals surface area contributed by atoms with Gasteiger partial charge in [-0.05, 0) is 24.1 Å². The summed E-state index contributed by atoms with van der Waals surface area (Å²) in [4.78, 5) is 12.1. The van der Waals surface area contributed by atoms with Crippen molar-refractivity contribution in [2.24, 2.45) is 7.05 Å². The molecule has 1 aliphatic rings. The second-order valence-corrected chi connectivity index (χ2v) is 5.02. The fourth-order valence-electron chi connectivity index (χ4n) is 2.28. The molecule has 1 aliphatic heterocycles. The largest absolute Gasteiger partial charge is 0.488 e. The van der Waals surface area contributed by atoms with E-state index < -0.39 is 0 Å². The smallest absolute Gasteiger partial charge is 0.250 e. The van der Waals surface area contributed by atoms with E-state index >= 15 is 0 Å². The summed E-state index contributed by atoms with van der Waals surface area (Å²) in [5, 5.41) is 7.02. The van der Waals surface area contributed by atoms with Crippen molar-refractivity contribution in [1.82, 2.24) is 15.1 Å². The van der Waals surface area contributed by atoms with Gasteiger partial charge in [-0.25, -0.2) is 0 Å². The van der Waals surface area contributed by atoms with Crippen molar-refractivity contribution in [2.75, 3.05) is 13.2 Å². The number of aryl methyl sites for hydroxylation is 1. The third kappa shape index (κ3) is 3.13. The third-order valence-corrected chi connectivity index (χ3v) is 3.38. The number of benzene rings is 1. The summed E-state index contributed by atoms with van der Waals surface area (Å²) < 4.78 is 7.34. The molecule has 0 bridgehead atoms. The summed E-state index contributed by atoms with van der Waals surface area (Å²) in [5.41, 5.74) is 2.71. The number of nitrogens with zero attached hydrogens (tertiary/aromatic N) is 2. The summed E-state index contributed by atoms with van der Waals surface area (Å²) in [6.07, 6.45) is 6.42. The predicted molar refractivity (Wildman–Crippen MR) is 79.8 cm³/mol. The summed E-state index contributed by atoms with van der Waals surface area (Å²) in [5.74, 6) is 0.748. The van der Waals surface area contributed by atoms with Gasteiger partial charge >= 0.3 is 0 Å². The summed E-state index contributed by atoms with van der Waals surface area (Å²) in [6, 6.07) is 7.70. The number of carbonyl (C=O) groups is 1. The molecule has 0 saturated carbocycles. The van der Waals surface area contributed by atoms with E-state index in [1.165, 1.54) is 0 Å². The number of amides is 1. The van der Waals surface area contributed by atoms with Crippen LogP contribution in [0.1, 0.15) is 11.1 Å². The quantitative estimate of drug-likeness (QED) is 0.926. The molecule has 3 rings (SSSR count). The maximum absolute atomic E-state index is 12.1. The first-order valence-electron chi connectivity index (χ1n) is 6.90. The van der Waals surface area contributed by atoms with E-state index in [4.69, 9.17) is 4.74 Å². The van der Waals surface area contributed by atoms with Gasteiger partial charge in [-0.3, -0.25) is 9.48 Å². The van der Waals surface area contributed by atoms with Gasteiger partial charge in [-0.15, -0.1) is 0 Å². The Kier molecular flexibility index (Phi) is 3.73. The molecule has 0 saturated heterocycles. The number of hydrogen-bond donors (Lipinski definition) is 1. The van der Waals surface area contributed by atoms with E-state index in [9.17, 15) is 4.79 Å². The Labute approximate surface area is 123 Å². The van der Waals surface area contributed by atoms with Crippen LogP contribution >= 0.6 is 0 Å². The predicted octanol–water partition coefficient (Wildman–Crippen LogP) is 1.55. The molecule has 0 fully saturated rings. The van der Waals surface area contributed by atoms with Crippen molar-refractivity contribution in [1.29, 1.82) is 0 Å². The van der Waals surface area contributed by atoms with E-state index in [0.717, 1.165) is 23.3 Å². The van der Waals surface area contributed by atoms with Gasteiger partial charge in [0.1, 0.15) is 12.4 Å². The Morgan fingerprint density at radius 1 is 1.43 bits per heavy atom. The van der Waals surface area contributed by atoms with Crippen molar-refractivity contribution in [3.8, 4) is 5.75 Å². The van der Waals surface area contributed by atoms with Crippen molar-refractivity contribution < 1.29 is 9.53 Å². The van der Waals surface area contributed by atoms with Gasteiger partial charge in [0.25, 0.3) is 5.91 Å². The Balaban J connectivity index is 1.58. The molecule has 2 aromatic rings. The zero-order valence-corrected chi connectivity index (χ0v) is 11.9. The molecular formula is C16H17N3O2. The highest BCUT2D eigenvalue weighted by Gasteiger charge is 2.16. The Bertz CT molecular complexity index is 688. The van der Waals surface area contributed by atoms with Crippen molar-refractivity contribution in [3.63, 3.8) is 0 Å². The van der Waals surface area contributed by atoms with Crippen LogP contribution in [0.3, 0.4) is 0 Å². The van der Waals surface area contributed by atoms with Crippen molar-refractivity contribution in [3.05, 3.63) is 53.4 Å². The van der Waals surface area contributed by atoms with Crippen LogP contribution in [0.5, 0.6) is 5.75 Å². The Morgan fingerprint density at radius 3 is 3.10 bits per heavy atom. The third-order valence-electron chi connectivity index (χ3n) is 3.38. The SMILES string of the molecule is Cn1cc(CCNC(=O)C2=Cc3ccccc3OC2)cn1. The summed E-state index contributed by atoms with van der Waals surface area (Å²) in [7, 11) is 1.88.